The van der Waals surface area contributed by atoms with E-state index in [0.29, 0.717) is 6.61 Å². The zero-order valence-electron chi connectivity index (χ0n) is 10.6. The van der Waals surface area contributed by atoms with E-state index in [1.54, 1.807) is 13.0 Å². The second-order valence-electron chi connectivity index (χ2n) is 4.32. The summed E-state index contributed by atoms with van der Waals surface area (Å²) in [5.74, 6) is -0.214. The van der Waals surface area contributed by atoms with E-state index in [9.17, 15) is 4.79 Å². The van der Waals surface area contributed by atoms with Gasteiger partial charge in [-0.2, -0.15) is 0 Å². The van der Waals surface area contributed by atoms with Crippen LogP contribution in [0, 0.1) is 5.41 Å². The largest absolute Gasteiger partial charge is 0.462 e. The molecule has 0 N–H and O–H groups in total. The fourth-order valence-corrected chi connectivity index (χ4v) is 0.764. The van der Waals surface area contributed by atoms with Gasteiger partial charge in [0.2, 0.25) is 0 Å². The van der Waals surface area contributed by atoms with Crippen LogP contribution in [0.5, 0.6) is 0 Å². The minimum atomic E-state index is -0.443. The summed E-state index contributed by atoms with van der Waals surface area (Å²) < 4.78 is 5.12. The Morgan fingerprint density at radius 3 is 2.62 bits per heavy atom. The lowest BCUT2D eigenvalue weighted by Gasteiger charge is -2.21. The summed E-state index contributed by atoms with van der Waals surface area (Å²) in [5.41, 5.74) is -0.443. The van der Waals surface area contributed by atoms with Gasteiger partial charge in [0, 0.05) is 0 Å². The van der Waals surface area contributed by atoms with Crippen molar-refractivity contribution in [2.75, 3.05) is 13.2 Å². The molecule has 4 nitrogen and oxygen atoms in total. The number of rotatable bonds is 8. The van der Waals surface area contributed by atoms with Crippen LogP contribution in [0.4, 0.5) is 0 Å². The predicted molar refractivity (Wildman–Crippen MR) is 61.7 cm³/mol. The first-order chi connectivity index (χ1) is 7.44. The fraction of sp³-hybridized carbons (Fsp3) is 0.750. The van der Waals surface area contributed by atoms with Crippen molar-refractivity contribution in [2.45, 2.75) is 40.2 Å². The van der Waals surface area contributed by atoms with Crippen molar-refractivity contribution < 1.29 is 19.3 Å². The average Bonchev–Trinajstić information content (AvgIpc) is 2.26. The van der Waals surface area contributed by atoms with Gasteiger partial charge in [-0.05, 0) is 27.2 Å². The summed E-state index contributed by atoms with van der Waals surface area (Å²) in [6.07, 6.45) is 2.05. The average molecular weight is 230 g/mol. The summed E-state index contributed by atoms with van der Waals surface area (Å²) in [4.78, 5) is 21.3. The van der Waals surface area contributed by atoms with E-state index in [4.69, 9.17) is 14.5 Å². The highest BCUT2D eigenvalue weighted by Gasteiger charge is 2.27. The van der Waals surface area contributed by atoms with Gasteiger partial charge in [-0.15, -0.1) is 6.58 Å². The van der Waals surface area contributed by atoms with Gasteiger partial charge in [0.15, 0.2) is 0 Å². The Morgan fingerprint density at radius 1 is 1.50 bits per heavy atom. The van der Waals surface area contributed by atoms with Crippen LogP contribution in [0.3, 0.4) is 0 Å². The van der Waals surface area contributed by atoms with Gasteiger partial charge in [-0.1, -0.05) is 13.0 Å². The Kier molecular flexibility index (Phi) is 7.01. The molecule has 0 aliphatic heterocycles. The lowest BCUT2D eigenvalue weighted by atomic mass is 9.91. The zero-order chi connectivity index (χ0) is 12.6. The molecule has 0 heterocycles. The molecule has 0 aromatic rings. The Hall–Kier alpha value is -0.870. The predicted octanol–water partition coefficient (Wildman–Crippen LogP) is 2.49. The van der Waals surface area contributed by atoms with Gasteiger partial charge >= 0.3 is 5.97 Å². The molecule has 0 radical (unpaired) electrons. The third-order valence-corrected chi connectivity index (χ3v) is 2.30. The van der Waals surface area contributed by atoms with Crippen molar-refractivity contribution in [3.8, 4) is 0 Å². The molecule has 0 aromatic heterocycles. The molecule has 1 atom stereocenters. The van der Waals surface area contributed by atoms with Gasteiger partial charge in [0.05, 0.1) is 5.41 Å². The third kappa shape index (κ3) is 5.88. The summed E-state index contributed by atoms with van der Waals surface area (Å²) >= 11 is 0. The molecular formula is C12H22O4. The third-order valence-electron chi connectivity index (χ3n) is 2.30. The van der Waals surface area contributed by atoms with E-state index in [0.717, 1.165) is 6.42 Å². The molecule has 0 amide bonds. The van der Waals surface area contributed by atoms with E-state index in [1.807, 2.05) is 20.8 Å². The number of carbonyl (C=O) groups is 1. The van der Waals surface area contributed by atoms with Crippen LogP contribution in [0.2, 0.25) is 0 Å². The second kappa shape index (κ2) is 7.41. The van der Waals surface area contributed by atoms with Gasteiger partial charge < -0.3 is 4.74 Å². The molecule has 0 fully saturated rings. The number of carbonyl (C=O) groups excluding carboxylic acids is 1. The summed E-state index contributed by atoms with van der Waals surface area (Å²) in [7, 11) is 0. The monoisotopic (exact) mass is 230 g/mol. The van der Waals surface area contributed by atoms with Gasteiger partial charge in [0.1, 0.15) is 19.3 Å². The Balaban J connectivity index is 3.79. The number of ether oxygens (including phenoxy) is 1. The maximum absolute atomic E-state index is 11.6. The molecule has 0 aromatic carbocycles. The van der Waals surface area contributed by atoms with E-state index >= 15 is 0 Å². The quantitative estimate of drug-likeness (QED) is 0.211. The van der Waals surface area contributed by atoms with Crippen molar-refractivity contribution in [1.82, 2.24) is 0 Å². The minimum absolute atomic E-state index is 0.194. The maximum Gasteiger partial charge on any atom is 0.311 e. The van der Waals surface area contributed by atoms with Crippen molar-refractivity contribution in [3.63, 3.8) is 0 Å². The SMILES string of the molecule is C=CCOOC(C)COC(=O)C(C)(C)CC. The van der Waals surface area contributed by atoms with E-state index in [1.165, 1.54) is 0 Å². The molecule has 1 unspecified atom stereocenters. The first-order valence-electron chi connectivity index (χ1n) is 5.50. The van der Waals surface area contributed by atoms with E-state index in [-0.39, 0.29) is 18.7 Å². The topological polar surface area (TPSA) is 44.8 Å². The summed E-state index contributed by atoms with van der Waals surface area (Å²) in [5, 5.41) is 0. The van der Waals surface area contributed by atoms with Crippen LogP contribution in [0.25, 0.3) is 0 Å². The molecular weight excluding hydrogens is 208 g/mol. The van der Waals surface area contributed by atoms with Crippen LogP contribution in [0.15, 0.2) is 12.7 Å². The molecule has 0 rings (SSSR count). The Bertz CT molecular complexity index is 223. The fourth-order valence-electron chi connectivity index (χ4n) is 0.764. The standard InChI is InChI=1S/C12H22O4/c1-6-8-15-16-10(3)9-14-11(13)12(4,5)7-2/h6,10H,1,7-9H2,2-5H3. The Labute approximate surface area is 97.5 Å². The molecule has 16 heavy (non-hydrogen) atoms. The molecule has 0 saturated carbocycles. The number of hydrogen-bond acceptors (Lipinski definition) is 4. The van der Waals surface area contributed by atoms with Crippen molar-refractivity contribution in [2.24, 2.45) is 5.41 Å². The smallest absolute Gasteiger partial charge is 0.311 e. The van der Waals surface area contributed by atoms with Gasteiger partial charge in [0.25, 0.3) is 0 Å². The van der Waals surface area contributed by atoms with Crippen LogP contribution in [0.1, 0.15) is 34.1 Å². The molecule has 0 spiro atoms. The molecule has 0 bridgehead atoms. The molecule has 0 aliphatic carbocycles. The van der Waals surface area contributed by atoms with Crippen molar-refractivity contribution in [1.29, 1.82) is 0 Å². The molecule has 0 saturated heterocycles. The number of hydrogen-bond donors (Lipinski definition) is 0. The highest BCUT2D eigenvalue weighted by Crippen LogP contribution is 2.21. The first-order valence-corrected chi connectivity index (χ1v) is 5.50. The van der Waals surface area contributed by atoms with Crippen LogP contribution < -0.4 is 0 Å². The maximum atomic E-state index is 11.6. The highest BCUT2D eigenvalue weighted by molar-refractivity contribution is 5.75. The highest BCUT2D eigenvalue weighted by atomic mass is 17.2. The van der Waals surface area contributed by atoms with Crippen LogP contribution in [-0.4, -0.2) is 25.3 Å². The molecule has 94 valence electrons. The van der Waals surface area contributed by atoms with E-state index in [2.05, 4.69) is 6.58 Å². The number of esters is 1. The normalized spacial score (nSPS) is 13.2. The van der Waals surface area contributed by atoms with Crippen LogP contribution >= 0.6 is 0 Å². The van der Waals surface area contributed by atoms with Gasteiger partial charge in [-0.3, -0.25) is 4.79 Å². The van der Waals surface area contributed by atoms with Crippen LogP contribution in [-0.2, 0) is 19.3 Å². The second-order valence-corrected chi connectivity index (χ2v) is 4.32. The van der Waals surface area contributed by atoms with Crippen molar-refractivity contribution >= 4 is 5.97 Å². The molecule has 4 heteroatoms. The first kappa shape index (κ1) is 15.1. The van der Waals surface area contributed by atoms with E-state index < -0.39 is 5.41 Å². The van der Waals surface area contributed by atoms with Gasteiger partial charge in [-0.25, -0.2) is 9.78 Å². The summed E-state index contributed by atoms with van der Waals surface area (Å²) in [6.45, 7) is 11.4. The summed E-state index contributed by atoms with van der Waals surface area (Å²) in [6, 6.07) is 0. The lowest BCUT2D eigenvalue weighted by Crippen LogP contribution is -2.29. The van der Waals surface area contributed by atoms with Crippen molar-refractivity contribution in [3.05, 3.63) is 12.7 Å². The zero-order valence-corrected chi connectivity index (χ0v) is 10.6. The molecule has 0 aliphatic rings. The minimum Gasteiger partial charge on any atom is -0.462 e. The lowest BCUT2D eigenvalue weighted by molar-refractivity contribution is -0.318. The Morgan fingerprint density at radius 2 is 2.12 bits per heavy atom.